The monoisotopic (exact) mass is 299 g/mol. The van der Waals surface area contributed by atoms with Crippen LogP contribution in [0.1, 0.15) is 24.4 Å². The fourth-order valence-electron chi connectivity index (χ4n) is 3.00. The van der Waals surface area contributed by atoms with E-state index in [1.807, 2.05) is 7.05 Å². The summed E-state index contributed by atoms with van der Waals surface area (Å²) in [6, 6.07) is 3.87. The Bertz CT molecular complexity index is 708. The highest BCUT2D eigenvalue weighted by atomic mass is 19.4. The number of likely N-dealkylation sites (tertiary alicyclic amines) is 1. The van der Waals surface area contributed by atoms with Crippen LogP contribution in [0.2, 0.25) is 0 Å². The largest absolute Gasteiger partial charge is 0.418 e. The van der Waals surface area contributed by atoms with Gasteiger partial charge in [-0.2, -0.15) is 13.2 Å². The molecule has 1 aromatic carbocycles. The minimum atomic E-state index is -4.47. The number of benzene rings is 1. The molecule has 0 atom stereocenters. The molecule has 1 saturated heterocycles. The van der Waals surface area contributed by atoms with Crippen LogP contribution in [0.15, 0.2) is 23.0 Å². The van der Waals surface area contributed by atoms with Crippen LogP contribution in [-0.4, -0.2) is 34.6 Å². The zero-order chi connectivity index (χ0) is 15.2. The van der Waals surface area contributed by atoms with Crippen molar-refractivity contribution >= 4 is 11.0 Å². The van der Waals surface area contributed by atoms with E-state index in [0.29, 0.717) is 5.52 Å². The SMILES string of the molecule is CN1CCC(n2c(=O)[nH]c3c(C(F)(F)F)cccc32)CC1. The predicted molar refractivity (Wildman–Crippen MR) is 73.3 cm³/mol. The van der Waals surface area contributed by atoms with Crippen LogP contribution in [0, 0.1) is 0 Å². The molecule has 2 heterocycles. The number of fused-ring (bicyclic) bond motifs is 1. The molecular weight excluding hydrogens is 283 g/mol. The smallest absolute Gasteiger partial charge is 0.306 e. The number of nitrogens with zero attached hydrogens (tertiary/aromatic N) is 2. The maximum Gasteiger partial charge on any atom is 0.418 e. The Kier molecular flexibility index (Phi) is 3.32. The summed E-state index contributed by atoms with van der Waals surface area (Å²) in [5.41, 5.74) is -1.03. The van der Waals surface area contributed by atoms with Crippen molar-refractivity contribution in [1.29, 1.82) is 0 Å². The Morgan fingerprint density at radius 3 is 2.52 bits per heavy atom. The number of hydrogen-bond donors (Lipinski definition) is 1. The third-order valence-corrected chi connectivity index (χ3v) is 4.11. The van der Waals surface area contributed by atoms with Crippen molar-refractivity contribution in [2.45, 2.75) is 25.1 Å². The predicted octanol–water partition coefficient (Wildman–Crippen LogP) is 2.62. The number of aromatic nitrogens is 2. The number of hydrogen-bond acceptors (Lipinski definition) is 2. The van der Waals surface area contributed by atoms with Crippen LogP contribution < -0.4 is 5.69 Å². The van der Waals surface area contributed by atoms with Crippen molar-refractivity contribution in [2.75, 3.05) is 20.1 Å². The molecule has 1 aliphatic rings. The number of H-pyrrole nitrogens is 1. The topological polar surface area (TPSA) is 41.0 Å². The van der Waals surface area contributed by atoms with Crippen LogP contribution in [0.4, 0.5) is 13.2 Å². The lowest BCUT2D eigenvalue weighted by molar-refractivity contribution is -0.136. The van der Waals surface area contributed by atoms with Gasteiger partial charge >= 0.3 is 11.9 Å². The van der Waals surface area contributed by atoms with E-state index >= 15 is 0 Å². The molecule has 2 aromatic rings. The molecule has 3 rings (SSSR count). The molecular formula is C14H16F3N3O. The maximum absolute atomic E-state index is 13.0. The summed E-state index contributed by atoms with van der Waals surface area (Å²) in [6.45, 7) is 1.67. The van der Waals surface area contributed by atoms with Gasteiger partial charge in [-0.15, -0.1) is 0 Å². The summed E-state index contributed by atoms with van der Waals surface area (Å²) in [5.74, 6) is 0. The van der Waals surface area contributed by atoms with Gasteiger partial charge in [-0.25, -0.2) is 4.79 Å². The Morgan fingerprint density at radius 2 is 1.90 bits per heavy atom. The minimum Gasteiger partial charge on any atom is -0.306 e. The van der Waals surface area contributed by atoms with Gasteiger partial charge in [0.25, 0.3) is 0 Å². The van der Waals surface area contributed by atoms with Crippen molar-refractivity contribution in [2.24, 2.45) is 0 Å². The highest BCUT2D eigenvalue weighted by molar-refractivity contribution is 5.79. The van der Waals surface area contributed by atoms with E-state index in [1.165, 1.54) is 10.6 Å². The zero-order valence-corrected chi connectivity index (χ0v) is 11.6. The van der Waals surface area contributed by atoms with Crippen molar-refractivity contribution in [3.63, 3.8) is 0 Å². The summed E-state index contributed by atoms with van der Waals surface area (Å²) in [6.07, 6.45) is -2.94. The van der Waals surface area contributed by atoms with Crippen molar-refractivity contribution < 1.29 is 13.2 Å². The van der Waals surface area contributed by atoms with Crippen molar-refractivity contribution in [3.8, 4) is 0 Å². The molecule has 0 amide bonds. The second kappa shape index (κ2) is 4.91. The van der Waals surface area contributed by atoms with Gasteiger partial charge < -0.3 is 9.88 Å². The standard InChI is InChI=1S/C14H16F3N3O/c1-19-7-5-9(6-8-19)20-11-4-2-3-10(14(15,16)17)12(11)18-13(20)21/h2-4,9H,5-8H2,1H3,(H,18,21). The van der Waals surface area contributed by atoms with Crippen molar-refractivity contribution in [3.05, 3.63) is 34.2 Å². The molecule has 0 radical (unpaired) electrons. The van der Waals surface area contributed by atoms with E-state index in [0.717, 1.165) is 32.0 Å². The van der Waals surface area contributed by atoms with Gasteiger partial charge in [0.2, 0.25) is 0 Å². The number of aromatic amines is 1. The summed E-state index contributed by atoms with van der Waals surface area (Å²) in [5, 5.41) is 0. The van der Waals surface area contributed by atoms with Crippen LogP contribution in [-0.2, 0) is 6.18 Å². The Labute approximate surface area is 119 Å². The Balaban J connectivity index is 2.12. The lowest BCUT2D eigenvalue weighted by Gasteiger charge is -2.29. The summed E-state index contributed by atoms with van der Waals surface area (Å²) in [7, 11) is 2.00. The quantitative estimate of drug-likeness (QED) is 0.879. The second-order valence-corrected chi connectivity index (χ2v) is 5.53. The third-order valence-electron chi connectivity index (χ3n) is 4.11. The fraction of sp³-hybridized carbons (Fsp3) is 0.500. The molecule has 0 unspecified atom stereocenters. The van der Waals surface area contributed by atoms with E-state index in [-0.39, 0.29) is 11.6 Å². The molecule has 0 spiro atoms. The highest BCUT2D eigenvalue weighted by Gasteiger charge is 2.34. The highest BCUT2D eigenvalue weighted by Crippen LogP contribution is 2.34. The molecule has 0 aliphatic carbocycles. The lowest BCUT2D eigenvalue weighted by Crippen LogP contribution is -2.34. The van der Waals surface area contributed by atoms with Gasteiger partial charge in [-0.3, -0.25) is 4.57 Å². The number of rotatable bonds is 1. The van der Waals surface area contributed by atoms with E-state index in [4.69, 9.17) is 0 Å². The molecule has 1 fully saturated rings. The number of imidazole rings is 1. The molecule has 1 aromatic heterocycles. The van der Waals surface area contributed by atoms with Gasteiger partial charge in [-0.05, 0) is 45.1 Å². The zero-order valence-electron chi connectivity index (χ0n) is 11.6. The van der Waals surface area contributed by atoms with E-state index in [9.17, 15) is 18.0 Å². The number of para-hydroxylation sites is 1. The first-order valence-corrected chi connectivity index (χ1v) is 6.87. The first-order chi connectivity index (χ1) is 9.88. The maximum atomic E-state index is 13.0. The average molecular weight is 299 g/mol. The summed E-state index contributed by atoms with van der Waals surface area (Å²) in [4.78, 5) is 16.7. The van der Waals surface area contributed by atoms with E-state index < -0.39 is 17.4 Å². The van der Waals surface area contributed by atoms with Crippen LogP contribution >= 0.6 is 0 Å². The first kappa shape index (κ1) is 14.2. The molecule has 0 bridgehead atoms. The number of halogens is 3. The van der Waals surface area contributed by atoms with Crippen molar-refractivity contribution in [1.82, 2.24) is 14.5 Å². The normalized spacial score (nSPS) is 18.5. The van der Waals surface area contributed by atoms with Crippen LogP contribution in [0.5, 0.6) is 0 Å². The van der Waals surface area contributed by atoms with E-state index in [1.54, 1.807) is 6.07 Å². The Hall–Kier alpha value is -1.76. The lowest BCUT2D eigenvalue weighted by atomic mass is 10.0. The van der Waals surface area contributed by atoms with E-state index in [2.05, 4.69) is 9.88 Å². The number of nitrogens with one attached hydrogen (secondary N) is 1. The molecule has 7 heteroatoms. The van der Waals surface area contributed by atoms with Gasteiger partial charge in [0.15, 0.2) is 0 Å². The number of piperidine rings is 1. The molecule has 114 valence electrons. The Morgan fingerprint density at radius 1 is 1.24 bits per heavy atom. The molecule has 0 saturated carbocycles. The summed E-state index contributed by atoms with van der Waals surface area (Å²) >= 11 is 0. The molecule has 21 heavy (non-hydrogen) atoms. The van der Waals surface area contributed by atoms with Gasteiger partial charge in [-0.1, -0.05) is 6.07 Å². The second-order valence-electron chi connectivity index (χ2n) is 5.53. The molecule has 1 aliphatic heterocycles. The van der Waals surface area contributed by atoms with Crippen LogP contribution in [0.3, 0.4) is 0 Å². The third kappa shape index (κ3) is 2.46. The molecule has 1 N–H and O–H groups in total. The van der Waals surface area contributed by atoms with Gasteiger partial charge in [0, 0.05) is 6.04 Å². The summed E-state index contributed by atoms with van der Waals surface area (Å²) < 4.78 is 40.5. The van der Waals surface area contributed by atoms with Gasteiger partial charge in [0.05, 0.1) is 16.6 Å². The average Bonchev–Trinajstić information content (AvgIpc) is 2.74. The first-order valence-electron chi connectivity index (χ1n) is 6.87. The fourth-order valence-corrected chi connectivity index (χ4v) is 3.00. The van der Waals surface area contributed by atoms with Crippen LogP contribution in [0.25, 0.3) is 11.0 Å². The number of alkyl halides is 3. The minimum absolute atomic E-state index is 0.0501. The van der Waals surface area contributed by atoms with Gasteiger partial charge in [0.1, 0.15) is 0 Å². The molecule has 4 nitrogen and oxygen atoms in total.